The molecule has 0 N–H and O–H groups in total. The Kier molecular flexibility index (Phi) is 4.86. The van der Waals surface area contributed by atoms with Crippen LogP contribution in [0.1, 0.15) is 11.3 Å². The quantitative estimate of drug-likeness (QED) is 0.490. The van der Waals surface area contributed by atoms with Crippen molar-refractivity contribution in [1.82, 2.24) is 9.38 Å². The molecule has 122 valence electrons. The Morgan fingerprint density at radius 3 is 3.08 bits per heavy atom. The molecule has 0 aliphatic rings. The minimum Gasteiger partial charge on any atom is -0.456 e. The molecule has 0 aliphatic heterocycles. The number of aromatic nitrogens is 2. The van der Waals surface area contributed by atoms with Crippen LogP contribution in [0.25, 0.3) is 11.0 Å². The number of carbonyl (C=O) groups excluding carboxylic acids is 1. The summed E-state index contributed by atoms with van der Waals surface area (Å²) < 4.78 is 20.7. The van der Waals surface area contributed by atoms with Crippen molar-refractivity contribution in [2.24, 2.45) is 0 Å². The van der Waals surface area contributed by atoms with Crippen molar-refractivity contribution in [3.8, 4) is 0 Å². The summed E-state index contributed by atoms with van der Waals surface area (Å²) in [6.07, 6.45) is 4.08. The van der Waals surface area contributed by atoms with Crippen LogP contribution in [0.5, 0.6) is 0 Å². The third-order valence-electron chi connectivity index (χ3n) is 3.08. The number of hydrogen-bond donors (Lipinski definition) is 0. The molecule has 0 atom stereocenters. The van der Waals surface area contributed by atoms with Gasteiger partial charge >= 0.3 is 5.97 Å². The molecule has 1 aromatic carbocycles. The van der Waals surface area contributed by atoms with E-state index in [-0.39, 0.29) is 17.7 Å². The van der Waals surface area contributed by atoms with E-state index >= 15 is 0 Å². The van der Waals surface area contributed by atoms with Gasteiger partial charge in [0.1, 0.15) is 12.4 Å². The first kappa shape index (κ1) is 16.5. The van der Waals surface area contributed by atoms with E-state index in [0.717, 1.165) is 6.08 Å². The summed E-state index contributed by atoms with van der Waals surface area (Å²) in [5, 5.41) is 1.74. The number of hydrogen-bond acceptors (Lipinski definition) is 5. The van der Waals surface area contributed by atoms with Crippen LogP contribution < -0.4 is 5.56 Å². The standard InChI is InChI=1S/C16H10BrFN2O3S/c17-11-2-3-13(18)10(7-11)1-4-15(22)23-9-12-8-14(21)20-5-6-24-16(20)19-12/h1-8H,9H2/b4-1+. The topological polar surface area (TPSA) is 60.7 Å². The highest BCUT2D eigenvalue weighted by atomic mass is 79.9. The highest BCUT2D eigenvalue weighted by Crippen LogP contribution is 2.16. The number of fused-ring (bicyclic) bond motifs is 1. The molecule has 0 aliphatic carbocycles. The van der Waals surface area contributed by atoms with Gasteiger partial charge in [-0.3, -0.25) is 9.20 Å². The Bertz CT molecular complexity index is 996. The fourth-order valence-electron chi connectivity index (χ4n) is 1.96. The molecule has 0 radical (unpaired) electrons. The Labute approximate surface area is 148 Å². The van der Waals surface area contributed by atoms with Gasteiger partial charge in [0.25, 0.3) is 5.56 Å². The molecule has 0 spiro atoms. The van der Waals surface area contributed by atoms with Crippen molar-refractivity contribution in [1.29, 1.82) is 0 Å². The van der Waals surface area contributed by atoms with Crippen LogP contribution in [0.15, 0.2) is 51.2 Å². The molecular weight excluding hydrogens is 399 g/mol. The molecular formula is C16H10BrFN2O3S. The predicted molar refractivity (Wildman–Crippen MR) is 92.3 cm³/mol. The first-order valence-corrected chi connectivity index (χ1v) is 8.46. The van der Waals surface area contributed by atoms with Crippen LogP contribution in [0.4, 0.5) is 4.39 Å². The van der Waals surface area contributed by atoms with Crippen LogP contribution in [0.3, 0.4) is 0 Å². The highest BCUT2D eigenvalue weighted by molar-refractivity contribution is 9.10. The maximum Gasteiger partial charge on any atom is 0.331 e. The first-order valence-electron chi connectivity index (χ1n) is 6.78. The molecule has 0 saturated carbocycles. The second-order valence-corrected chi connectivity index (χ2v) is 6.54. The summed E-state index contributed by atoms with van der Waals surface area (Å²) in [5.74, 6) is -1.09. The van der Waals surface area contributed by atoms with Gasteiger partial charge < -0.3 is 4.74 Å². The van der Waals surface area contributed by atoms with Gasteiger partial charge in [-0.2, -0.15) is 0 Å². The number of ether oxygens (including phenoxy) is 1. The zero-order valence-electron chi connectivity index (χ0n) is 12.1. The number of rotatable bonds is 4. The number of esters is 1. The maximum absolute atomic E-state index is 13.6. The van der Waals surface area contributed by atoms with E-state index in [1.807, 2.05) is 0 Å². The molecule has 0 bridgehead atoms. The molecule has 2 heterocycles. The fraction of sp³-hybridized carbons (Fsp3) is 0.0625. The smallest absolute Gasteiger partial charge is 0.331 e. The summed E-state index contributed by atoms with van der Waals surface area (Å²) in [7, 11) is 0. The third kappa shape index (κ3) is 3.77. The first-order chi connectivity index (χ1) is 11.5. The van der Waals surface area contributed by atoms with E-state index < -0.39 is 11.8 Å². The normalized spacial score (nSPS) is 11.2. The molecule has 3 rings (SSSR count). The lowest BCUT2D eigenvalue weighted by molar-refractivity contribution is -0.139. The molecule has 24 heavy (non-hydrogen) atoms. The van der Waals surface area contributed by atoms with Crippen molar-refractivity contribution >= 4 is 44.3 Å². The van der Waals surface area contributed by atoms with Gasteiger partial charge in [-0.25, -0.2) is 14.2 Å². The lowest BCUT2D eigenvalue weighted by atomic mass is 10.2. The minimum absolute atomic E-state index is 0.131. The average Bonchev–Trinajstić information content (AvgIpc) is 3.03. The van der Waals surface area contributed by atoms with Crippen LogP contribution in [-0.2, 0) is 16.1 Å². The second-order valence-electron chi connectivity index (χ2n) is 4.75. The number of benzene rings is 1. The number of thiazole rings is 1. The van der Waals surface area contributed by atoms with Crippen molar-refractivity contribution in [3.05, 3.63) is 73.8 Å². The third-order valence-corrected chi connectivity index (χ3v) is 4.33. The molecule has 3 aromatic rings. The van der Waals surface area contributed by atoms with Crippen LogP contribution in [0.2, 0.25) is 0 Å². The van der Waals surface area contributed by atoms with Gasteiger partial charge in [0.2, 0.25) is 0 Å². The predicted octanol–water partition coefficient (Wildman–Crippen LogP) is 3.41. The molecule has 0 unspecified atom stereocenters. The molecule has 8 heteroatoms. The van der Waals surface area contributed by atoms with E-state index in [4.69, 9.17) is 4.74 Å². The Morgan fingerprint density at radius 1 is 1.42 bits per heavy atom. The van der Waals surface area contributed by atoms with Crippen LogP contribution >= 0.6 is 27.3 Å². The van der Waals surface area contributed by atoms with E-state index in [1.54, 1.807) is 23.7 Å². The lowest BCUT2D eigenvalue weighted by Crippen LogP contribution is -2.14. The number of halogens is 2. The van der Waals surface area contributed by atoms with Gasteiger partial charge in [0.15, 0.2) is 4.96 Å². The van der Waals surface area contributed by atoms with Crippen molar-refractivity contribution in [2.45, 2.75) is 6.61 Å². The van der Waals surface area contributed by atoms with Crippen molar-refractivity contribution in [2.75, 3.05) is 0 Å². The molecule has 0 fully saturated rings. The zero-order valence-corrected chi connectivity index (χ0v) is 14.5. The zero-order chi connectivity index (χ0) is 17.1. The molecule has 5 nitrogen and oxygen atoms in total. The van der Waals surface area contributed by atoms with Gasteiger partial charge in [-0.1, -0.05) is 15.9 Å². The van der Waals surface area contributed by atoms with Crippen LogP contribution in [-0.4, -0.2) is 15.4 Å². The summed E-state index contributed by atoms with van der Waals surface area (Å²) >= 11 is 4.54. The minimum atomic E-state index is -0.650. The molecule has 2 aromatic heterocycles. The van der Waals surface area contributed by atoms with E-state index in [0.29, 0.717) is 15.1 Å². The largest absolute Gasteiger partial charge is 0.456 e. The van der Waals surface area contributed by atoms with E-state index in [2.05, 4.69) is 20.9 Å². The van der Waals surface area contributed by atoms with Crippen molar-refractivity contribution in [3.63, 3.8) is 0 Å². The van der Waals surface area contributed by atoms with Crippen molar-refractivity contribution < 1.29 is 13.9 Å². The lowest BCUT2D eigenvalue weighted by Gasteiger charge is -2.02. The Morgan fingerprint density at radius 2 is 2.25 bits per heavy atom. The van der Waals surface area contributed by atoms with E-state index in [9.17, 15) is 14.0 Å². The van der Waals surface area contributed by atoms with E-state index in [1.165, 1.54) is 33.9 Å². The summed E-state index contributed by atoms with van der Waals surface area (Å²) in [6.45, 7) is -0.131. The van der Waals surface area contributed by atoms with Gasteiger partial charge in [-0.05, 0) is 24.3 Å². The molecule has 0 amide bonds. The maximum atomic E-state index is 13.6. The fourth-order valence-corrected chi connectivity index (χ4v) is 3.07. The summed E-state index contributed by atoms with van der Waals surface area (Å²) in [6, 6.07) is 5.72. The summed E-state index contributed by atoms with van der Waals surface area (Å²) in [4.78, 5) is 28.3. The van der Waals surface area contributed by atoms with Gasteiger partial charge in [0, 0.05) is 33.8 Å². The van der Waals surface area contributed by atoms with Gasteiger partial charge in [0.05, 0.1) is 5.69 Å². The Balaban J connectivity index is 1.67. The monoisotopic (exact) mass is 408 g/mol. The second kappa shape index (κ2) is 7.06. The Hall–Kier alpha value is -2.32. The number of carbonyl (C=O) groups is 1. The summed E-state index contributed by atoms with van der Waals surface area (Å²) in [5.41, 5.74) is 0.384. The number of nitrogens with zero attached hydrogens (tertiary/aromatic N) is 2. The van der Waals surface area contributed by atoms with Crippen LogP contribution in [0, 0.1) is 5.82 Å². The highest BCUT2D eigenvalue weighted by Gasteiger charge is 2.06. The van der Waals surface area contributed by atoms with Gasteiger partial charge in [-0.15, -0.1) is 11.3 Å². The molecule has 0 saturated heterocycles. The average molecular weight is 409 g/mol. The SMILES string of the molecule is O=C(/C=C/c1cc(Br)ccc1F)OCc1cc(=O)n2ccsc2n1.